The lowest BCUT2D eigenvalue weighted by Crippen LogP contribution is -2.53. The Bertz CT molecular complexity index is 512. The quantitative estimate of drug-likeness (QED) is 0.761. The minimum Gasteiger partial charge on any atom is -0.351 e. The van der Waals surface area contributed by atoms with E-state index in [4.69, 9.17) is 5.73 Å². The van der Waals surface area contributed by atoms with Gasteiger partial charge in [-0.25, -0.2) is 10.2 Å². The van der Waals surface area contributed by atoms with Crippen molar-refractivity contribution in [1.29, 1.82) is 0 Å². The van der Waals surface area contributed by atoms with Gasteiger partial charge in [0, 0.05) is 31.6 Å². The molecule has 1 aliphatic heterocycles. The van der Waals surface area contributed by atoms with Gasteiger partial charge in [-0.2, -0.15) is 5.10 Å². The van der Waals surface area contributed by atoms with Crippen LogP contribution in [0.25, 0.3) is 0 Å². The number of hydrazone groups is 1. The number of nitrogens with one attached hydrogen (secondary N) is 1. The van der Waals surface area contributed by atoms with Gasteiger partial charge in [-0.3, -0.25) is 4.79 Å². The van der Waals surface area contributed by atoms with E-state index in [1.807, 2.05) is 0 Å². The predicted octanol–water partition coefficient (Wildman–Crippen LogP) is 1.85. The summed E-state index contributed by atoms with van der Waals surface area (Å²) in [6, 6.07) is -0.373. The van der Waals surface area contributed by atoms with Crippen molar-refractivity contribution in [3.8, 4) is 0 Å². The zero-order valence-corrected chi connectivity index (χ0v) is 13.6. The van der Waals surface area contributed by atoms with Crippen LogP contribution in [0.3, 0.4) is 0 Å². The Labute approximate surface area is 136 Å². The Morgan fingerprint density at radius 3 is 2.04 bits per heavy atom. The first-order valence-corrected chi connectivity index (χ1v) is 8.94. The number of amides is 3. The standard InChI is InChI=1S/C17H26N4O2/c18-16(23)21-3-1-14(2-4-21)19-20-15(22)17-8-11-5-12(9-17)7-13(6-11)10-17/h11-13H,1-10H2,(H2,18,23)(H,20,22). The molecule has 126 valence electrons. The van der Waals surface area contributed by atoms with Gasteiger partial charge in [-0.05, 0) is 56.3 Å². The lowest BCUT2D eigenvalue weighted by Gasteiger charge is -2.55. The number of carbonyl (C=O) groups excluding carboxylic acids is 2. The monoisotopic (exact) mass is 318 g/mol. The maximum Gasteiger partial charge on any atom is 0.314 e. The Morgan fingerprint density at radius 1 is 1.04 bits per heavy atom. The molecule has 4 bridgehead atoms. The van der Waals surface area contributed by atoms with E-state index in [1.165, 1.54) is 19.3 Å². The SMILES string of the molecule is NC(=O)N1CCC(=NNC(=O)C23CC4CC(CC(C4)C2)C3)CC1. The Kier molecular flexibility index (Phi) is 3.58. The van der Waals surface area contributed by atoms with Gasteiger partial charge < -0.3 is 10.6 Å². The summed E-state index contributed by atoms with van der Waals surface area (Å²) in [6.07, 6.45) is 8.59. The Balaban J connectivity index is 1.37. The topological polar surface area (TPSA) is 87.8 Å². The van der Waals surface area contributed by atoms with Gasteiger partial charge in [-0.15, -0.1) is 0 Å². The molecule has 0 atom stereocenters. The van der Waals surface area contributed by atoms with E-state index >= 15 is 0 Å². The normalized spacial score (nSPS) is 38.5. The maximum atomic E-state index is 12.8. The number of hydrogen-bond donors (Lipinski definition) is 2. The molecule has 0 aromatic carbocycles. The number of primary amides is 1. The molecule has 5 aliphatic rings. The molecule has 1 heterocycles. The van der Waals surface area contributed by atoms with Gasteiger partial charge in [0.2, 0.25) is 5.91 Å². The van der Waals surface area contributed by atoms with Crippen molar-refractivity contribution in [3.05, 3.63) is 0 Å². The lowest BCUT2D eigenvalue weighted by atomic mass is 9.49. The van der Waals surface area contributed by atoms with Gasteiger partial charge in [0.05, 0.1) is 5.41 Å². The second-order valence-corrected chi connectivity index (χ2v) is 8.14. The van der Waals surface area contributed by atoms with Gasteiger partial charge >= 0.3 is 6.03 Å². The van der Waals surface area contributed by atoms with Gasteiger partial charge in [0.25, 0.3) is 0 Å². The van der Waals surface area contributed by atoms with E-state index < -0.39 is 0 Å². The third-order valence-electron chi connectivity index (χ3n) is 6.49. The molecule has 3 N–H and O–H groups in total. The van der Waals surface area contributed by atoms with Gasteiger partial charge in [0.15, 0.2) is 0 Å². The molecule has 5 rings (SSSR count). The molecule has 4 aliphatic carbocycles. The summed E-state index contributed by atoms with van der Waals surface area (Å²) in [7, 11) is 0. The van der Waals surface area contributed by atoms with E-state index in [0.29, 0.717) is 25.9 Å². The third-order valence-corrected chi connectivity index (χ3v) is 6.49. The molecule has 0 unspecified atom stereocenters. The van der Waals surface area contributed by atoms with Crippen LogP contribution in [-0.4, -0.2) is 35.6 Å². The minimum absolute atomic E-state index is 0.140. The van der Waals surface area contributed by atoms with Crippen molar-refractivity contribution in [1.82, 2.24) is 10.3 Å². The van der Waals surface area contributed by atoms with E-state index in [0.717, 1.165) is 42.7 Å². The minimum atomic E-state index is -0.373. The van der Waals surface area contributed by atoms with Crippen LogP contribution in [0.15, 0.2) is 5.10 Å². The highest BCUT2D eigenvalue weighted by Crippen LogP contribution is 2.60. The molecule has 6 heteroatoms. The molecule has 0 aromatic rings. The fourth-order valence-corrected chi connectivity index (χ4v) is 5.73. The number of hydrogen-bond acceptors (Lipinski definition) is 3. The maximum absolute atomic E-state index is 12.8. The number of piperidine rings is 1. The van der Waals surface area contributed by atoms with E-state index in [9.17, 15) is 9.59 Å². The van der Waals surface area contributed by atoms with Crippen molar-refractivity contribution in [2.75, 3.05) is 13.1 Å². The molecule has 6 nitrogen and oxygen atoms in total. The zero-order valence-electron chi connectivity index (χ0n) is 13.6. The first-order chi connectivity index (χ1) is 11.0. The van der Waals surface area contributed by atoms with Crippen LogP contribution in [-0.2, 0) is 4.79 Å². The first kappa shape index (κ1) is 15.0. The number of carbonyl (C=O) groups is 2. The van der Waals surface area contributed by atoms with Crippen molar-refractivity contribution in [2.24, 2.45) is 34.0 Å². The molecule has 23 heavy (non-hydrogen) atoms. The van der Waals surface area contributed by atoms with Crippen LogP contribution in [0.4, 0.5) is 4.79 Å². The molecule has 3 amide bonds. The first-order valence-electron chi connectivity index (χ1n) is 8.94. The predicted molar refractivity (Wildman–Crippen MR) is 86.6 cm³/mol. The zero-order chi connectivity index (χ0) is 16.0. The van der Waals surface area contributed by atoms with Crippen molar-refractivity contribution >= 4 is 17.6 Å². The Morgan fingerprint density at radius 2 is 1.57 bits per heavy atom. The summed E-state index contributed by atoms with van der Waals surface area (Å²) in [4.78, 5) is 25.6. The average Bonchev–Trinajstić information content (AvgIpc) is 2.51. The van der Waals surface area contributed by atoms with Crippen molar-refractivity contribution in [3.63, 3.8) is 0 Å². The number of rotatable bonds is 2. The number of likely N-dealkylation sites (tertiary alicyclic amines) is 1. The number of urea groups is 1. The van der Waals surface area contributed by atoms with Crippen LogP contribution in [0, 0.1) is 23.2 Å². The molecule has 0 aromatic heterocycles. The molecular weight excluding hydrogens is 292 g/mol. The largest absolute Gasteiger partial charge is 0.351 e. The fourth-order valence-electron chi connectivity index (χ4n) is 5.73. The summed E-state index contributed by atoms with van der Waals surface area (Å²) in [5.74, 6) is 2.43. The molecular formula is C17H26N4O2. The number of nitrogens with zero attached hydrogens (tertiary/aromatic N) is 2. The smallest absolute Gasteiger partial charge is 0.314 e. The molecule has 5 fully saturated rings. The van der Waals surface area contributed by atoms with E-state index in [1.54, 1.807) is 4.90 Å². The third kappa shape index (κ3) is 2.72. The summed E-state index contributed by atoms with van der Waals surface area (Å²) in [5.41, 5.74) is 8.98. The van der Waals surface area contributed by atoms with Crippen LogP contribution < -0.4 is 11.2 Å². The van der Waals surface area contributed by atoms with Gasteiger partial charge in [-0.1, -0.05) is 0 Å². The van der Waals surface area contributed by atoms with E-state index in [-0.39, 0.29) is 17.4 Å². The summed E-state index contributed by atoms with van der Waals surface area (Å²) in [6.45, 7) is 1.20. The fraction of sp³-hybridized carbons (Fsp3) is 0.824. The summed E-state index contributed by atoms with van der Waals surface area (Å²) >= 11 is 0. The second kappa shape index (κ2) is 5.49. The van der Waals surface area contributed by atoms with Gasteiger partial charge in [0.1, 0.15) is 0 Å². The second-order valence-electron chi connectivity index (χ2n) is 8.14. The summed E-state index contributed by atoms with van der Waals surface area (Å²) in [5, 5.41) is 4.37. The van der Waals surface area contributed by atoms with Crippen LogP contribution in [0.1, 0.15) is 51.4 Å². The van der Waals surface area contributed by atoms with E-state index in [2.05, 4.69) is 10.5 Å². The molecule has 0 spiro atoms. The molecule has 0 radical (unpaired) electrons. The Hall–Kier alpha value is -1.59. The molecule has 1 saturated heterocycles. The highest BCUT2D eigenvalue weighted by atomic mass is 16.2. The van der Waals surface area contributed by atoms with Crippen LogP contribution >= 0.6 is 0 Å². The van der Waals surface area contributed by atoms with Crippen molar-refractivity contribution in [2.45, 2.75) is 51.4 Å². The summed E-state index contributed by atoms with van der Waals surface area (Å²) < 4.78 is 0. The average molecular weight is 318 g/mol. The molecule has 4 saturated carbocycles. The van der Waals surface area contributed by atoms with Crippen LogP contribution in [0.2, 0.25) is 0 Å². The lowest BCUT2D eigenvalue weighted by molar-refractivity contribution is -0.146. The van der Waals surface area contributed by atoms with Crippen molar-refractivity contribution < 1.29 is 9.59 Å². The highest BCUT2D eigenvalue weighted by molar-refractivity contribution is 5.89. The number of nitrogens with two attached hydrogens (primary N) is 1. The van der Waals surface area contributed by atoms with Crippen LogP contribution in [0.5, 0.6) is 0 Å². The highest BCUT2D eigenvalue weighted by Gasteiger charge is 2.54.